The van der Waals surface area contributed by atoms with Crippen LogP contribution in [0.3, 0.4) is 0 Å². The Labute approximate surface area is 153 Å². The molecule has 5 nitrogen and oxygen atoms in total. The fourth-order valence-corrected chi connectivity index (χ4v) is 4.12. The maximum atomic E-state index is 12.4. The van der Waals surface area contributed by atoms with E-state index in [0.717, 1.165) is 36.5 Å². The minimum Gasteiger partial charge on any atom is -0.343 e. The van der Waals surface area contributed by atoms with Crippen molar-refractivity contribution < 1.29 is 13.2 Å². The van der Waals surface area contributed by atoms with Crippen LogP contribution < -0.4 is 4.31 Å². The number of halogens is 2. The Morgan fingerprint density at radius 2 is 1.92 bits per heavy atom. The van der Waals surface area contributed by atoms with Gasteiger partial charge in [0, 0.05) is 31.1 Å². The highest BCUT2D eigenvalue weighted by Gasteiger charge is 2.24. The largest absolute Gasteiger partial charge is 0.343 e. The summed E-state index contributed by atoms with van der Waals surface area (Å²) < 4.78 is 25.4. The van der Waals surface area contributed by atoms with Gasteiger partial charge in [-0.25, -0.2) is 8.42 Å². The molecule has 0 N–H and O–H groups in total. The molecular weight excluding hydrogens is 371 g/mol. The summed E-state index contributed by atoms with van der Waals surface area (Å²) in [7, 11) is -3.57. The summed E-state index contributed by atoms with van der Waals surface area (Å²) in [5.41, 5.74) is 0.298. The fraction of sp³-hybridized carbons (Fsp3) is 0.562. The number of nitrogens with zero attached hydrogens (tertiary/aromatic N) is 2. The monoisotopic (exact) mass is 392 g/mol. The lowest BCUT2D eigenvalue weighted by Crippen LogP contribution is -2.40. The second kappa shape index (κ2) is 7.93. The SMILES string of the molecule is CC1CCN(C(=O)CCN(c2cc(Cl)ccc2Cl)S(C)(=O)=O)CC1. The lowest BCUT2D eigenvalue weighted by Gasteiger charge is -2.31. The van der Waals surface area contributed by atoms with E-state index in [4.69, 9.17) is 23.2 Å². The third kappa shape index (κ3) is 5.01. The highest BCUT2D eigenvalue weighted by atomic mass is 35.5. The quantitative estimate of drug-likeness (QED) is 0.771. The second-order valence-corrected chi connectivity index (χ2v) is 8.99. The summed E-state index contributed by atoms with van der Waals surface area (Å²) in [6, 6.07) is 4.64. The van der Waals surface area contributed by atoms with E-state index in [1.165, 1.54) is 6.07 Å². The van der Waals surface area contributed by atoms with Crippen LogP contribution in [-0.4, -0.2) is 45.1 Å². The molecule has 0 saturated carbocycles. The fourth-order valence-electron chi connectivity index (χ4n) is 2.76. The minimum atomic E-state index is -3.57. The molecule has 1 heterocycles. The molecule has 1 aromatic rings. The van der Waals surface area contributed by atoms with Crippen LogP contribution in [0.1, 0.15) is 26.2 Å². The van der Waals surface area contributed by atoms with Crippen LogP contribution in [0, 0.1) is 5.92 Å². The molecule has 1 fully saturated rings. The number of benzene rings is 1. The van der Waals surface area contributed by atoms with Gasteiger partial charge in [-0.2, -0.15) is 0 Å². The van der Waals surface area contributed by atoms with Crippen molar-refractivity contribution >= 4 is 44.8 Å². The molecule has 1 aliphatic rings. The van der Waals surface area contributed by atoms with E-state index in [9.17, 15) is 13.2 Å². The van der Waals surface area contributed by atoms with E-state index in [-0.39, 0.29) is 23.9 Å². The zero-order valence-electron chi connectivity index (χ0n) is 13.8. The summed E-state index contributed by atoms with van der Waals surface area (Å²) >= 11 is 12.1. The van der Waals surface area contributed by atoms with Crippen molar-refractivity contribution in [3.05, 3.63) is 28.2 Å². The predicted molar refractivity (Wildman–Crippen MR) is 98.2 cm³/mol. The first-order chi connectivity index (χ1) is 11.2. The van der Waals surface area contributed by atoms with Gasteiger partial charge in [-0.05, 0) is 37.0 Å². The maximum absolute atomic E-state index is 12.4. The highest BCUT2D eigenvalue weighted by molar-refractivity contribution is 7.92. The number of anilines is 1. The zero-order valence-corrected chi connectivity index (χ0v) is 16.2. The molecule has 0 aromatic heterocycles. The summed E-state index contributed by atoms with van der Waals surface area (Å²) in [6.45, 7) is 3.69. The Hall–Kier alpha value is -0.980. The van der Waals surface area contributed by atoms with Crippen LogP contribution in [-0.2, 0) is 14.8 Å². The highest BCUT2D eigenvalue weighted by Crippen LogP contribution is 2.31. The molecule has 1 amide bonds. The molecular formula is C16H22Cl2N2O3S. The van der Waals surface area contributed by atoms with Crippen molar-refractivity contribution in [1.82, 2.24) is 4.90 Å². The van der Waals surface area contributed by atoms with Crippen molar-refractivity contribution in [1.29, 1.82) is 0 Å². The molecule has 0 atom stereocenters. The van der Waals surface area contributed by atoms with Crippen molar-refractivity contribution in [3.63, 3.8) is 0 Å². The van der Waals surface area contributed by atoms with Gasteiger partial charge in [0.15, 0.2) is 0 Å². The normalized spacial score (nSPS) is 16.2. The first-order valence-electron chi connectivity index (χ1n) is 7.89. The van der Waals surface area contributed by atoms with Crippen molar-refractivity contribution in [2.75, 3.05) is 30.2 Å². The van der Waals surface area contributed by atoms with Crippen LogP contribution in [0.15, 0.2) is 18.2 Å². The number of carbonyl (C=O) groups is 1. The van der Waals surface area contributed by atoms with Crippen LogP contribution in [0.25, 0.3) is 0 Å². The molecule has 24 heavy (non-hydrogen) atoms. The second-order valence-electron chi connectivity index (χ2n) is 6.24. The van der Waals surface area contributed by atoms with Crippen LogP contribution in [0.5, 0.6) is 0 Å². The smallest absolute Gasteiger partial charge is 0.232 e. The van der Waals surface area contributed by atoms with Gasteiger partial charge in [0.2, 0.25) is 15.9 Å². The number of sulfonamides is 1. The number of likely N-dealkylation sites (tertiary alicyclic amines) is 1. The van der Waals surface area contributed by atoms with E-state index in [2.05, 4.69) is 6.92 Å². The molecule has 2 rings (SSSR count). The van der Waals surface area contributed by atoms with Gasteiger partial charge in [-0.1, -0.05) is 30.1 Å². The third-order valence-corrected chi connectivity index (χ3v) is 5.98. The van der Waals surface area contributed by atoms with Crippen LogP contribution >= 0.6 is 23.2 Å². The van der Waals surface area contributed by atoms with Crippen molar-refractivity contribution in [3.8, 4) is 0 Å². The molecule has 134 valence electrons. The molecule has 1 saturated heterocycles. The standard InChI is InChI=1S/C16H22Cl2N2O3S/c1-12-5-8-19(9-6-12)16(21)7-10-20(24(2,22)23)15-11-13(17)3-4-14(15)18/h3-4,11-12H,5-10H2,1-2H3. The van der Waals surface area contributed by atoms with Gasteiger partial charge >= 0.3 is 0 Å². The molecule has 8 heteroatoms. The first-order valence-corrected chi connectivity index (χ1v) is 10.5. The Morgan fingerprint density at radius 3 is 2.50 bits per heavy atom. The van der Waals surface area contributed by atoms with Gasteiger partial charge in [-0.15, -0.1) is 0 Å². The topological polar surface area (TPSA) is 57.7 Å². The number of hydrogen-bond acceptors (Lipinski definition) is 3. The van der Waals surface area contributed by atoms with Gasteiger partial charge in [0.1, 0.15) is 0 Å². The van der Waals surface area contributed by atoms with E-state index < -0.39 is 10.0 Å². The first kappa shape index (κ1) is 19.3. The number of carbonyl (C=O) groups excluding carboxylic acids is 1. The summed E-state index contributed by atoms with van der Waals surface area (Å²) in [5.74, 6) is 0.598. The average molecular weight is 393 g/mol. The lowest BCUT2D eigenvalue weighted by molar-refractivity contribution is -0.132. The summed E-state index contributed by atoms with van der Waals surface area (Å²) in [5, 5.41) is 0.670. The molecule has 0 spiro atoms. The molecule has 1 aliphatic heterocycles. The average Bonchev–Trinajstić information content (AvgIpc) is 2.50. The Bertz CT molecular complexity index is 701. The molecule has 1 aromatic carbocycles. The minimum absolute atomic E-state index is 0.0336. The van der Waals surface area contributed by atoms with E-state index in [0.29, 0.717) is 16.6 Å². The number of hydrogen-bond donors (Lipinski definition) is 0. The van der Waals surface area contributed by atoms with Crippen molar-refractivity contribution in [2.24, 2.45) is 5.92 Å². The van der Waals surface area contributed by atoms with Crippen LogP contribution in [0.2, 0.25) is 10.0 Å². The lowest BCUT2D eigenvalue weighted by atomic mass is 9.99. The van der Waals surface area contributed by atoms with Gasteiger partial charge in [0.05, 0.1) is 17.0 Å². The number of piperidine rings is 1. The summed E-state index contributed by atoms with van der Waals surface area (Å²) in [4.78, 5) is 14.2. The van der Waals surface area contributed by atoms with E-state index in [1.54, 1.807) is 17.0 Å². The molecule has 0 aliphatic carbocycles. The third-order valence-electron chi connectivity index (χ3n) is 4.24. The van der Waals surface area contributed by atoms with Gasteiger partial charge < -0.3 is 4.90 Å². The Balaban J connectivity index is 2.10. The van der Waals surface area contributed by atoms with Crippen molar-refractivity contribution in [2.45, 2.75) is 26.2 Å². The number of rotatable bonds is 5. The van der Waals surface area contributed by atoms with E-state index >= 15 is 0 Å². The molecule has 0 bridgehead atoms. The van der Waals surface area contributed by atoms with Gasteiger partial charge in [0.25, 0.3) is 0 Å². The van der Waals surface area contributed by atoms with Crippen LogP contribution in [0.4, 0.5) is 5.69 Å². The number of amides is 1. The Kier molecular flexibility index (Phi) is 6.39. The zero-order chi connectivity index (χ0) is 17.9. The predicted octanol–water partition coefficient (Wildman–Crippen LogP) is 3.41. The van der Waals surface area contributed by atoms with E-state index in [1.807, 2.05) is 0 Å². The molecule has 0 radical (unpaired) electrons. The maximum Gasteiger partial charge on any atom is 0.232 e. The Morgan fingerprint density at radius 1 is 1.29 bits per heavy atom. The summed E-state index contributed by atoms with van der Waals surface area (Å²) in [6.07, 6.45) is 3.19. The molecule has 0 unspecified atom stereocenters. The van der Waals surface area contributed by atoms with Gasteiger partial charge in [-0.3, -0.25) is 9.10 Å².